The average molecular weight is 211 g/mol. The van der Waals surface area contributed by atoms with Crippen molar-refractivity contribution in [3.8, 4) is 0 Å². The first-order valence-corrected chi connectivity index (χ1v) is 6.13. The number of rotatable bonds is 1. The van der Waals surface area contributed by atoms with Gasteiger partial charge in [-0.2, -0.15) is 0 Å². The van der Waals surface area contributed by atoms with Gasteiger partial charge in [0.25, 0.3) is 0 Å². The normalized spacial score (nSPS) is 34.8. The van der Waals surface area contributed by atoms with Gasteiger partial charge in [-0.1, -0.05) is 0 Å². The summed E-state index contributed by atoms with van der Waals surface area (Å²) in [6.45, 7) is 6.63. The summed E-state index contributed by atoms with van der Waals surface area (Å²) in [5, 5.41) is 9.37. The van der Waals surface area contributed by atoms with E-state index in [9.17, 15) is 5.11 Å². The second-order valence-corrected chi connectivity index (χ2v) is 6.03. The van der Waals surface area contributed by atoms with E-state index in [1.54, 1.807) is 0 Å². The zero-order valence-electron chi connectivity index (χ0n) is 9.54. The number of hydrogen-bond acceptors (Lipinski definition) is 3. The number of aliphatic hydroxyl groups is 1. The topological polar surface area (TPSA) is 32.7 Å². The standard InChI is InChI=1S/C12H21NO2/c1-11(2-4-15-5-3-11)13-8-12(9-13)6-10(14)7-12/h10,14H,2-9H2,1H3. The Morgan fingerprint density at radius 2 is 1.80 bits per heavy atom. The van der Waals surface area contributed by atoms with Crippen molar-refractivity contribution >= 4 is 0 Å². The predicted molar refractivity (Wildman–Crippen MR) is 57.7 cm³/mol. The lowest BCUT2D eigenvalue weighted by molar-refractivity contribution is -0.175. The summed E-state index contributed by atoms with van der Waals surface area (Å²) >= 11 is 0. The molecule has 0 amide bonds. The Morgan fingerprint density at radius 1 is 1.20 bits per heavy atom. The van der Waals surface area contributed by atoms with E-state index in [4.69, 9.17) is 4.74 Å². The van der Waals surface area contributed by atoms with Crippen LogP contribution in [0.15, 0.2) is 0 Å². The van der Waals surface area contributed by atoms with Crippen LogP contribution >= 0.6 is 0 Å². The fourth-order valence-corrected chi connectivity index (χ4v) is 3.47. The number of hydrogen-bond donors (Lipinski definition) is 1. The van der Waals surface area contributed by atoms with Gasteiger partial charge in [0.05, 0.1) is 6.10 Å². The molecule has 1 saturated carbocycles. The Bertz CT molecular complexity index is 246. The maximum atomic E-state index is 9.37. The molecule has 2 heterocycles. The van der Waals surface area contributed by atoms with E-state index >= 15 is 0 Å². The van der Waals surface area contributed by atoms with Crippen molar-refractivity contribution in [2.24, 2.45) is 5.41 Å². The Morgan fingerprint density at radius 3 is 2.33 bits per heavy atom. The zero-order valence-corrected chi connectivity index (χ0v) is 9.54. The predicted octanol–water partition coefficient (Wildman–Crippen LogP) is 1.01. The van der Waals surface area contributed by atoms with Crippen LogP contribution in [0, 0.1) is 5.41 Å². The van der Waals surface area contributed by atoms with E-state index in [2.05, 4.69) is 11.8 Å². The van der Waals surface area contributed by atoms with Gasteiger partial charge in [-0.25, -0.2) is 0 Å². The van der Waals surface area contributed by atoms with Crippen LogP contribution < -0.4 is 0 Å². The molecule has 1 aliphatic carbocycles. The highest BCUT2D eigenvalue weighted by molar-refractivity contribution is 5.08. The molecule has 2 saturated heterocycles. The Kier molecular flexibility index (Phi) is 2.14. The van der Waals surface area contributed by atoms with Gasteiger partial charge >= 0.3 is 0 Å². The molecular formula is C12H21NO2. The Labute approximate surface area is 91.4 Å². The average Bonchev–Trinajstić information content (AvgIpc) is 2.10. The summed E-state index contributed by atoms with van der Waals surface area (Å²) in [4.78, 5) is 2.61. The Balaban J connectivity index is 1.57. The SMILES string of the molecule is CC1(N2CC3(CC(O)C3)C2)CCOCC1. The van der Waals surface area contributed by atoms with Crippen LogP contribution in [0.3, 0.4) is 0 Å². The highest BCUT2D eigenvalue weighted by Gasteiger charge is 2.55. The molecule has 0 bridgehead atoms. The third-order valence-electron chi connectivity index (χ3n) is 4.72. The number of ether oxygens (including phenoxy) is 1. The van der Waals surface area contributed by atoms with Gasteiger partial charge in [-0.3, -0.25) is 4.90 Å². The molecule has 0 aromatic rings. The monoisotopic (exact) mass is 211 g/mol. The summed E-state index contributed by atoms with van der Waals surface area (Å²) < 4.78 is 5.43. The summed E-state index contributed by atoms with van der Waals surface area (Å²) in [5.41, 5.74) is 0.880. The minimum atomic E-state index is -0.00496. The molecular weight excluding hydrogens is 190 g/mol. The van der Waals surface area contributed by atoms with E-state index in [0.29, 0.717) is 11.0 Å². The molecule has 3 fully saturated rings. The van der Waals surface area contributed by atoms with Gasteiger partial charge in [0.2, 0.25) is 0 Å². The smallest absolute Gasteiger partial charge is 0.0552 e. The van der Waals surface area contributed by atoms with Crippen molar-refractivity contribution in [2.45, 2.75) is 44.2 Å². The molecule has 0 aromatic carbocycles. The van der Waals surface area contributed by atoms with Crippen molar-refractivity contribution < 1.29 is 9.84 Å². The summed E-state index contributed by atoms with van der Waals surface area (Å²) in [7, 11) is 0. The molecule has 0 atom stereocenters. The maximum Gasteiger partial charge on any atom is 0.0552 e. The summed E-state index contributed by atoms with van der Waals surface area (Å²) in [5.74, 6) is 0. The van der Waals surface area contributed by atoms with Gasteiger partial charge in [0.1, 0.15) is 0 Å². The van der Waals surface area contributed by atoms with E-state index < -0.39 is 0 Å². The minimum absolute atomic E-state index is 0.00496. The van der Waals surface area contributed by atoms with Crippen LogP contribution in [-0.4, -0.2) is 48.0 Å². The molecule has 15 heavy (non-hydrogen) atoms. The molecule has 0 unspecified atom stereocenters. The van der Waals surface area contributed by atoms with Crippen LogP contribution in [0.5, 0.6) is 0 Å². The fraction of sp³-hybridized carbons (Fsp3) is 1.00. The van der Waals surface area contributed by atoms with Gasteiger partial charge < -0.3 is 9.84 Å². The molecule has 2 aliphatic heterocycles. The second kappa shape index (κ2) is 3.19. The third kappa shape index (κ3) is 1.52. The zero-order chi connectivity index (χ0) is 10.5. The molecule has 0 radical (unpaired) electrons. The number of nitrogens with zero attached hydrogens (tertiary/aromatic N) is 1. The quantitative estimate of drug-likeness (QED) is 0.702. The van der Waals surface area contributed by atoms with Crippen LogP contribution in [0.4, 0.5) is 0 Å². The van der Waals surface area contributed by atoms with Gasteiger partial charge in [-0.05, 0) is 32.6 Å². The Hall–Kier alpha value is -0.120. The lowest BCUT2D eigenvalue weighted by atomic mass is 9.60. The largest absolute Gasteiger partial charge is 0.393 e. The van der Waals surface area contributed by atoms with Crippen molar-refractivity contribution in [3.05, 3.63) is 0 Å². The van der Waals surface area contributed by atoms with E-state index in [-0.39, 0.29) is 6.10 Å². The van der Waals surface area contributed by atoms with Gasteiger partial charge in [0.15, 0.2) is 0 Å². The minimum Gasteiger partial charge on any atom is -0.393 e. The molecule has 0 aromatic heterocycles. The first-order valence-electron chi connectivity index (χ1n) is 6.13. The van der Waals surface area contributed by atoms with Crippen molar-refractivity contribution in [2.75, 3.05) is 26.3 Å². The molecule has 1 spiro atoms. The lowest BCUT2D eigenvalue weighted by Crippen LogP contribution is -2.69. The maximum absolute atomic E-state index is 9.37. The summed E-state index contributed by atoms with van der Waals surface area (Å²) in [6.07, 6.45) is 4.42. The molecule has 86 valence electrons. The van der Waals surface area contributed by atoms with Gasteiger partial charge in [-0.15, -0.1) is 0 Å². The van der Waals surface area contributed by atoms with Crippen LogP contribution in [-0.2, 0) is 4.74 Å². The van der Waals surface area contributed by atoms with Crippen LogP contribution in [0.2, 0.25) is 0 Å². The number of likely N-dealkylation sites (tertiary alicyclic amines) is 1. The lowest BCUT2D eigenvalue weighted by Gasteiger charge is -2.63. The van der Waals surface area contributed by atoms with Crippen molar-refractivity contribution in [1.82, 2.24) is 4.90 Å². The third-order valence-corrected chi connectivity index (χ3v) is 4.72. The summed E-state index contributed by atoms with van der Waals surface area (Å²) in [6, 6.07) is 0. The molecule has 3 aliphatic rings. The van der Waals surface area contributed by atoms with E-state index in [1.807, 2.05) is 0 Å². The van der Waals surface area contributed by atoms with E-state index in [1.165, 1.54) is 25.9 Å². The fourth-order valence-electron chi connectivity index (χ4n) is 3.47. The first-order chi connectivity index (χ1) is 7.12. The molecule has 1 N–H and O–H groups in total. The molecule has 3 heteroatoms. The van der Waals surface area contributed by atoms with Crippen LogP contribution in [0.25, 0.3) is 0 Å². The van der Waals surface area contributed by atoms with Crippen molar-refractivity contribution in [3.63, 3.8) is 0 Å². The van der Waals surface area contributed by atoms with Gasteiger partial charge in [0, 0.05) is 37.3 Å². The highest BCUT2D eigenvalue weighted by Crippen LogP contribution is 2.51. The van der Waals surface area contributed by atoms with E-state index in [0.717, 1.165) is 26.1 Å². The molecule has 3 nitrogen and oxygen atoms in total. The van der Waals surface area contributed by atoms with Crippen LogP contribution in [0.1, 0.15) is 32.6 Å². The van der Waals surface area contributed by atoms with Crippen molar-refractivity contribution in [1.29, 1.82) is 0 Å². The first kappa shape index (κ1) is 10.1. The second-order valence-electron chi connectivity index (χ2n) is 6.03. The highest BCUT2D eigenvalue weighted by atomic mass is 16.5. The molecule has 3 rings (SSSR count). The number of aliphatic hydroxyl groups excluding tert-OH is 1.